The fourth-order valence-electron chi connectivity index (χ4n) is 4.69. The first kappa shape index (κ1) is 24.5. The molecular formula is C29H33N3O3S. The number of thiazole rings is 1. The average molecular weight is 504 g/mol. The molecule has 2 aliphatic rings. The van der Waals surface area contributed by atoms with Crippen LogP contribution in [0.15, 0.2) is 53.9 Å². The molecule has 1 aliphatic carbocycles. The van der Waals surface area contributed by atoms with Gasteiger partial charge < -0.3 is 15.0 Å². The molecule has 0 radical (unpaired) electrons. The van der Waals surface area contributed by atoms with Gasteiger partial charge in [-0.05, 0) is 59.9 Å². The predicted molar refractivity (Wildman–Crippen MR) is 141 cm³/mol. The second-order valence-corrected chi connectivity index (χ2v) is 11.1. The van der Waals surface area contributed by atoms with Crippen LogP contribution in [0.1, 0.15) is 71.3 Å². The summed E-state index contributed by atoms with van der Waals surface area (Å²) in [6.45, 7) is 5.91. The monoisotopic (exact) mass is 503 g/mol. The van der Waals surface area contributed by atoms with Crippen LogP contribution in [-0.2, 0) is 17.8 Å². The van der Waals surface area contributed by atoms with Gasteiger partial charge in [0.1, 0.15) is 23.1 Å². The zero-order chi connectivity index (χ0) is 25.1. The van der Waals surface area contributed by atoms with Crippen molar-refractivity contribution in [3.63, 3.8) is 0 Å². The minimum Gasteiger partial charge on any atom is -0.486 e. The van der Waals surface area contributed by atoms with Gasteiger partial charge in [0.2, 0.25) is 5.91 Å². The van der Waals surface area contributed by atoms with E-state index in [4.69, 9.17) is 4.74 Å². The number of hydrogen-bond acceptors (Lipinski definition) is 5. The fourth-order valence-corrected chi connectivity index (χ4v) is 5.37. The van der Waals surface area contributed by atoms with Crippen molar-refractivity contribution >= 4 is 23.2 Å². The Morgan fingerprint density at radius 3 is 2.72 bits per heavy atom. The highest BCUT2D eigenvalue weighted by Crippen LogP contribution is 2.38. The lowest BCUT2D eigenvalue weighted by atomic mass is 9.87. The Bertz CT molecular complexity index is 1220. The van der Waals surface area contributed by atoms with Crippen molar-refractivity contribution in [1.82, 2.24) is 15.2 Å². The lowest BCUT2D eigenvalue weighted by molar-refractivity contribution is -0.134. The molecule has 1 aliphatic heterocycles. The van der Waals surface area contributed by atoms with Crippen LogP contribution in [0.25, 0.3) is 0 Å². The highest BCUT2D eigenvalue weighted by molar-refractivity contribution is 7.09. The number of nitrogens with zero attached hydrogens (tertiary/aromatic N) is 2. The highest BCUT2D eigenvalue weighted by atomic mass is 32.1. The first-order chi connectivity index (χ1) is 17.5. The predicted octanol–water partition coefficient (Wildman–Crippen LogP) is 5.38. The van der Waals surface area contributed by atoms with Gasteiger partial charge in [0, 0.05) is 24.9 Å². The summed E-state index contributed by atoms with van der Waals surface area (Å²) >= 11 is 1.43. The minimum absolute atomic E-state index is 0.116. The number of carbonyl (C=O) groups is 2. The average Bonchev–Trinajstić information content (AvgIpc) is 3.59. The number of carbonyl (C=O) groups excluding carboxylic acids is 2. The molecule has 3 aromatic rings. The molecule has 1 N–H and O–H groups in total. The van der Waals surface area contributed by atoms with Crippen LogP contribution in [-0.4, -0.2) is 34.8 Å². The van der Waals surface area contributed by atoms with E-state index in [1.54, 1.807) is 5.38 Å². The smallest absolute Gasteiger partial charge is 0.270 e. The molecule has 0 bridgehead atoms. The number of rotatable bonds is 9. The van der Waals surface area contributed by atoms with Gasteiger partial charge in [-0.15, -0.1) is 11.3 Å². The SMILES string of the molecule is CC(C)CC(=O)N1CCc2ccc(OCc3nc(C(=O)NCC4CC4)cs3)cc2C1c1ccccc1. The van der Waals surface area contributed by atoms with Crippen LogP contribution >= 0.6 is 11.3 Å². The molecule has 1 aromatic heterocycles. The van der Waals surface area contributed by atoms with Crippen molar-refractivity contribution in [2.45, 2.75) is 52.2 Å². The zero-order valence-corrected chi connectivity index (χ0v) is 21.7. The number of amides is 2. The van der Waals surface area contributed by atoms with Crippen molar-refractivity contribution in [2.75, 3.05) is 13.1 Å². The van der Waals surface area contributed by atoms with Crippen molar-refractivity contribution in [3.05, 3.63) is 81.3 Å². The Kier molecular flexibility index (Phi) is 7.37. The van der Waals surface area contributed by atoms with Gasteiger partial charge in [0.05, 0.1) is 6.04 Å². The molecule has 2 aromatic carbocycles. The highest BCUT2D eigenvalue weighted by Gasteiger charge is 2.32. The second-order valence-electron chi connectivity index (χ2n) is 10.2. The maximum atomic E-state index is 13.2. The summed E-state index contributed by atoms with van der Waals surface area (Å²) in [7, 11) is 0. The normalized spacial score (nSPS) is 17.1. The molecule has 0 spiro atoms. The summed E-state index contributed by atoms with van der Waals surface area (Å²) < 4.78 is 6.12. The Labute approximate surface area is 216 Å². The third-order valence-electron chi connectivity index (χ3n) is 6.76. The molecule has 188 valence electrons. The van der Waals surface area contributed by atoms with Gasteiger partial charge in [-0.3, -0.25) is 9.59 Å². The molecule has 0 saturated heterocycles. The molecular weight excluding hydrogens is 470 g/mol. The van der Waals surface area contributed by atoms with E-state index in [-0.39, 0.29) is 17.9 Å². The molecule has 5 rings (SSSR count). The van der Waals surface area contributed by atoms with E-state index < -0.39 is 0 Å². The van der Waals surface area contributed by atoms with Crippen molar-refractivity contribution in [2.24, 2.45) is 11.8 Å². The Morgan fingerprint density at radius 2 is 1.97 bits per heavy atom. The maximum Gasteiger partial charge on any atom is 0.270 e. The maximum absolute atomic E-state index is 13.2. The third-order valence-corrected chi connectivity index (χ3v) is 7.58. The quantitative estimate of drug-likeness (QED) is 0.425. The molecule has 7 heteroatoms. The summed E-state index contributed by atoms with van der Waals surface area (Å²) in [5.74, 6) is 1.75. The summed E-state index contributed by atoms with van der Waals surface area (Å²) in [6, 6.07) is 16.3. The van der Waals surface area contributed by atoms with Gasteiger partial charge in [0.25, 0.3) is 5.91 Å². The van der Waals surface area contributed by atoms with E-state index in [1.807, 2.05) is 29.2 Å². The topological polar surface area (TPSA) is 71.5 Å². The molecule has 2 amide bonds. The Hall–Kier alpha value is -3.19. The van der Waals surface area contributed by atoms with E-state index in [0.717, 1.165) is 34.8 Å². The van der Waals surface area contributed by atoms with Crippen LogP contribution in [0.3, 0.4) is 0 Å². The van der Waals surface area contributed by atoms with E-state index in [2.05, 4.69) is 48.4 Å². The molecule has 1 saturated carbocycles. The summed E-state index contributed by atoms with van der Waals surface area (Å²) in [5, 5.41) is 5.51. The molecule has 2 heterocycles. The fraction of sp³-hybridized carbons (Fsp3) is 0.414. The molecule has 1 fully saturated rings. The summed E-state index contributed by atoms with van der Waals surface area (Å²) in [5.41, 5.74) is 3.91. The summed E-state index contributed by atoms with van der Waals surface area (Å²) in [6.07, 6.45) is 3.77. The van der Waals surface area contributed by atoms with Crippen molar-refractivity contribution in [1.29, 1.82) is 0 Å². The van der Waals surface area contributed by atoms with Crippen LogP contribution in [0.2, 0.25) is 0 Å². The minimum atomic E-state index is -0.133. The number of nitrogens with one attached hydrogen (secondary N) is 1. The summed E-state index contributed by atoms with van der Waals surface area (Å²) in [4.78, 5) is 32.0. The Balaban J connectivity index is 1.32. The van der Waals surface area contributed by atoms with Gasteiger partial charge in [-0.25, -0.2) is 4.98 Å². The largest absolute Gasteiger partial charge is 0.486 e. The number of ether oxygens (including phenoxy) is 1. The van der Waals surface area contributed by atoms with Gasteiger partial charge >= 0.3 is 0 Å². The molecule has 1 atom stereocenters. The number of hydrogen-bond donors (Lipinski definition) is 1. The van der Waals surface area contributed by atoms with E-state index in [9.17, 15) is 9.59 Å². The van der Waals surface area contributed by atoms with Crippen LogP contribution < -0.4 is 10.1 Å². The number of benzene rings is 2. The first-order valence-electron chi connectivity index (χ1n) is 12.8. The van der Waals surface area contributed by atoms with Gasteiger partial charge in [-0.2, -0.15) is 0 Å². The second kappa shape index (κ2) is 10.8. The molecule has 6 nitrogen and oxygen atoms in total. The van der Waals surface area contributed by atoms with E-state index >= 15 is 0 Å². The standard InChI is InChI=1S/C29H33N3O3S/c1-19(2)14-27(33)32-13-12-21-10-11-23(15-24(21)28(32)22-6-4-3-5-7-22)35-17-26-31-25(18-36-26)29(34)30-16-20-8-9-20/h3-7,10-11,15,18-20,28H,8-9,12-14,16-17H2,1-2H3,(H,30,34). The Morgan fingerprint density at radius 1 is 1.17 bits per heavy atom. The van der Waals surface area contributed by atoms with E-state index in [0.29, 0.717) is 37.1 Å². The third kappa shape index (κ3) is 5.78. The van der Waals surface area contributed by atoms with Crippen molar-refractivity contribution < 1.29 is 14.3 Å². The van der Waals surface area contributed by atoms with Crippen molar-refractivity contribution in [3.8, 4) is 5.75 Å². The lowest BCUT2D eigenvalue weighted by Gasteiger charge is -2.38. The zero-order valence-electron chi connectivity index (χ0n) is 20.9. The number of fused-ring (bicyclic) bond motifs is 1. The van der Waals surface area contributed by atoms with E-state index in [1.165, 1.54) is 29.7 Å². The lowest BCUT2D eigenvalue weighted by Crippen LogP contribution is -2.41. The molecule has 36 heavy (non-hydrogen) atoms. The van der Waals surface area contributed by atoms with Crippen LogP contribution in [0.4, 0.5) is 0 Å². The van der Waals surface area contributed by atoms with Crippen LogP contribution in [0.5, 0.6) is 5.75 Å². The molecule has 1 unspecified atom stereocenters. The van der Waals surface area contributed by atoms with Gasteiger partial charge in [-0.1, -0.05) is 50.2 Å². The van der Waals surface area contributed by atoms with Crippen LogP contribution in [0, 0.1) is 11.8 Å². The number of aromatic nitrogens is 1. The first-order valence-corrected chi connectivity index (χ1v) is 13.7. The van der Waals surface area contributed by atoms with Gasteiger partial charge in [0.15, 0.2) is 0 Å².